The van der Waals surface area contributed by atoms with Crippen LogP contribution in [-0.4, -0.2) is 40.4 Å². The Morgan fingerprint density at radius 3 is 2.67 bits per heavy atom. The van der Waals surface area contributed by atoms with Crippen LogP contribution >= 0.6 is 0 Å². The molecule has 0 aromatic carbocycles. The Labute approximate surface area is 105 Å². The van der Waals surface area contributed by atoms with Gasteiger partial charge < -0.3 is 15.2 Å². The number of likely N-dealkylation sites (N-methyl/N-ethyl adjacent to an activating group) is 1. The third-order valence-electron chi connectivity index (χ3n) is 2.63. The first-order valence-electron chi connectivity index (χ1n) is 5.70. The van der Waals surface area contributed by atoms with E-state index in [4.69, 9.17) is 5.73 Å². The number of carbonyl (C=O) groups is 1. The molecule has 0 aliphatic rings. The second kappa shape index (κ2) is 5.63. The highest BCUT2D eigenvalue weighted by Gasteiger charge is 2.22. The average Bonchev–Trinajstić information content (AvgIpc) is 2.73. The van der Waals surface area contributed by atoms with Gasteiger partial charge in [0.25, 0.3) is 11.6 Å². The van der Waals surface area contributed by atoms with Gasteiger partial charge in [-0.1, -0.05) is 0 Å². The standard InChI is InChI=1S/C11H18N4O3/c1-8(2)14-7-9(15(17)18)6-10(14)11(16)13(3)5-4-12/h6-8H,4-5,12H2,1-3H3. The van der Waals surface area contributed by atoms with Gasteiger partial charge >= 0.3 is 0 Å². The molecule has 18 heavy (non-hydrogen) atoms. The zero-order valence-corrected chi connectivity index (χ0v) is 10.8. The fourth-order valence-electron chi connectivity index (χ4n) is 1.65. The summed E-state index contributed by atoms with van der Waals surface area (Å²) in [6, 6.07) is 1.28. The predicted molar refractivity (Wildman–Crippen MR) is 67.5 cm³/mol. The van der Waals surface area contributed by atoms with Crippen molar-refractivity contribution in [3.8, 4) is 0 Å². The molecule has 0 spiro atoms. The lowest BCUT2D eigenvalue weighted by atomic mass is 10.3. The summed E-state index contributed by atoms with van der Waals surface area (Å²) in [4.78, 5) is 23.8. The van der Waals surface area contributed by atoms with Crippen molar-refractivity contribution in [2.75, 3.05) is 20.1 Å². The lowest BCUT2D eigenvalue weighted by Crippen LogP contribution is -2.33. The lowest BCUT2D eigenvalue weighted by Gasteiger charge is -2.18. The van der Waals surface area contributed by atoms with Crippen LogP contribution in [0, 0.1) is 10.1 Å². The van der Waals surface area contributed by atoms with Gasteiger partial charge in [0.2, 0.25) is 0 Å². The largest absolute Gasteiger partial charge is 0.339 e. The van der Waals surface area contributed by atoms with Crippen LogP contribution in [0.1, 0.15) is 30.4 Å². The van der Waals surface area contributed by atoms with Crippen molar-refractivity contribution in [1.29, 1.82) is 0 Å². The van der Waals surface area contributed by atoms with E-state index >= 15 is 0 Å². The molecule has 1 rings (SSSR count). The maximum Gasteiger partial charge on any atom is 0.287 e. The van der Waals surface area contributed by atoms with Crippen LogP contribution in [-0.2, 0) is 0 Å². The second-order valence-electron chi connectivity index (χ2n) is 4.36. The fraction of sp³-hybridized carbons (Fsp3) is 0.545. The molecule has 0 saturated heterocycles. The van der Waals surface area contributed by atoms with Gasteiger partial charge in [0.05, 0.1) is 11.1 Å². The molecule has 1 amide bonds. The van der Waals surface area contributed by atoms with Crippen molar-refractivity contribution in [2.24, 2.45) is 5.73 Å². The van der Waals surface area contributed by atoms with Crippen LogP contribution in [0.4, 0.5) is 5.69 Å². The van der Waals surface area contributed by atoms with Crippen molar-refractivity contribution >= 4 is 11.6 Å². The van der Waals surface area contributed by atoms with Crippen molar-refractivity contribution in [3.05, 3.63) is 28.1 Å². The molecule has 0 bridgehead atoms. The van der Waals surface area contributed by atoms with Crippen molar-refractivity contribution in [2.45, 2.75) is 19.9 Å². The SMILES string of the molecule is CC(C)n1cc([N+](=O)[O-])cc1C(=O)N(C)CCN. The predicted octanol–water partition coefficient (Wildman–Crippen LogP) is 1.01. The van der Waals surface area contributed by atoms with E-state index in [1.165, 1.54) is 17.2 Å². The van der Waals surface area contributed by atoms with Crippen LogP contribution in [0.3, 0.4) is 0 Å². The highest BCUT2D eigenvalue weighted by Crippen LogP contribution is 2.21. The number of carbonyl (C=O) groups excluding carboxylic acids is 1. The fourth-order valence-corrected chi connectivity index (χ4v) is 1.65. The zero-order valence-electron chi connectivity index (χ0n) is 10.8. The first-order valence-corrected chi connectivity index (χ1v) is 5.70. The first kappa shape index (κ1) is 14.2. The van der Waals surface area contributed by atoms with Gasteiger partial charge in [0.15, 0.2) is 0 Å². The molecular formula is C11H18N4O3. The Balaban J connectivity index is 3.13. The smallest absolute Gasteiger partial charge is 0.287 e. The van der Waals surface area contributed by atoms with Crippen molar-refractivity contribution in [1.82, 2.24) is 9.47 Å². The normalized spacial score (nSPS) is 10.7. The molecule has 1 aromatic heterocycles. The molecule has 0 atom stereocenters. The summed E-state index contributed by atoms with van der Waals surface area (Å²) in [5.74, 6) is -0.262. The maximum absolute atomic E-state index is 12.1. The third kappa shape index (κ3) is 2.86. The van der Waals surface area contributed by atoms with E-state index in [0.717, 1.165) is 0 Å². The number of amides is 1. The van der Waals surface area contributed by atoms with Gasteiger partial charge in [-0.15, -0.1) is 0 Å². The van der Waals surface area contributed by atoms with Crippen LogP contribution in [0.5, 0.6) is 0 Å². The van der Waals surface area contributed by atoms with Gasteiger partial charge in [0.1, 0.15) is 5.69 Å². The highest BCUT2D eigenvalue weighted by molar-refractivity contribution is 5.93. The highest BCUT2D eigenvalue weighted by atomic mass is 16.6. The van der Waals surface area contributed by atoms with Gasteiger partial charge in [0, 0.05) is 32.2 Å². The molecule has 0 aliphatic carbocycles. The number of aromatic nitrogens is 1. The summed E-state index contributed by atoms with van der Waals surface area (Å²) in [6.07, 6.45) is 1.38. The molecule has 7 heteroatoms. The monoisotopic (exact) mass is 254 g/mol. The summed E-state index contributed by atoms with van der Waals surface area (Å²) < 4.78 is 1.60. The molecule has 0 unspecified atom stereocenters. The lowest BCUT2D eigenvalue weighted by molar-refractivity contribution is -0.384. The Bertz CT molecular complexity index is 453. The molecule has 2 N–H and O–H groups in total. The quantitative estimate of drug-likeness (QED) is 0.626. The van der Waals surface area contributed by atoms with Gasteiger partial charge in [-0.25, -0.2) is 0 Å². The van der Waals surface area contributed by atoms with Crippen molar-refractivity contribution in [3.63, 3.8) is 0 Å². The Morgan fingerprint density at radius 1 is 1.61 bits per heavy atom. The summed E-state index contributed by atoms with van der Waals surface area (Å²) in [6.45, 7) is 4.50. The Kier molecular flexibility index (Phi) is 4.43. The van der Waals surface area contributed by atoms with Crippen LogP contribution in [0.2, 0.25) is 0 Å². The van der Waals surface area contributed by atoms with E-state index in [1.54, 1.807) is 11.6 Å². The van der Waals surface area contributed by atoms with E-state index < -0.39 is 4.92 Å². The molecular weight excluding hydrogens is 236 g/mol. The van der Waals surface area contributed by atoms with Crippen LogP contribution in [0.25, 0.3) is 0 Å². The van der Waals surface area contributed by atoms with Gasteiger partial charge in [-0.2, -0.15) is 0 Å². The zero-order chi connectivity index (χ0) is 13.9. The molecule has 0 fully saturated rings. The van der Waals surface area contributed by atoms with E-state index in [-0.39, 0.29) is 17.6 Å². The Hall–Kier alpha value is -1.89. The minimum Gasteiger partial charge on any atom is -0.339 e. The molecule has 7 nitrogen and oxygen atoms in total. The van der Waals surface area contributed by atoms with E-state index in [9.17, 15) is 14.9 Å². The van der Waals surface area contributed by atoms with Crippen molar-refractivity contribution < 1.29 is 9.72 Å². The molecule has 0 saturated carbocycles. The summed E-state index contributed by atoms with van der Waals surface area (Å²) in [5, 5.41) is 10.8. The first-order chi connectivity index (χ1) is 8.38. The molecule has 0 radical (unpaired) electrons. The van der Waals surface area contributed by atoms with Gasteiger partial charge in [-0.3, -0.25) is 14.9 Å². The number of rotatable bonds is 5. The topological polar surface area (TPSA) is 94.4 Å². The second-order valence-corrected chi connectivity index (χ2v) is 4.36. The Morgan fingerprint density at radius 2 is 2.22 bits per heavy atom. The number of hydrogen-bond donors (Lipinski definition) is 1. The van der Waals surface area contributed by atoms with Crippen LogP contribution < -0.4 is 5.73 Å². The van der Waals surface area contributed by atoms with E-state index in [0.29, 0.717) is 18.8 Å². The minimum absolute atomic E-state index is 0.0241. The summed E-state index contributed by atoms with van der Waals surface area (Å²) in [7, 11) is 1.62. The van der Waals surface area contributed by atoms with Gasteiger partial charge in [-0.05, 0) is 13.8 Å². The van der Waals surface area contributed by atoms with E-state index in [2.05, 4.69) is 0 Å². The molecule has 1 heterocycles. The summed E-state index contributed by atoms with van der Waals surface area (Å²) in [5.41, 5.74) is 5.62. The number of hydrogen-bond acceptors (Lipinski definition) is 4. The third-order valence-corrected chi connectivity index (χ3v) is 2.63. The number of nitro groups is 1. The minimum atomic E-state index is -0.501. The number of nitrogens with two attached hydrogens (primary N) is 1. The van der Waals surface area contributed by atoms with Crippen LogP contribution in [0.15, 0.2) is 12.3 Å². The average molecular weight is 254 g/mol. The maximum atomic E-state index is 12.1. The molecule has 1 aromatic rings. The molecule has 100 valence electrons. The molecule has 0 aliphatic heterocycles. The van der Waals surface area contributed by atoms with E-state index in [1.807, 2.05) is 13.8 Å². The number of nitrogens with zero attached hydrogens (tertiary/aromatic N) is 3. The summed E-state index contributed by atoms with van der Waals surface area (Å²) >= 11 is 0.